The maximum atomic E-state index is 12.9. The number of benzene rings is 2. The minimum atomic E-state index is -0.962. The molecule has 0 spiro atoms. The van der Waals surface area contributed by atoms with E-state index in [4.69, 9.17) is 0 Å². The zero-order valence-corrected chi connectivity index (χ0v) is 16.5. The Hall–Kier alpha value is -3.85. The molecule has 8 nitrogen and oxygen atoms in total. The van der Waals surface area contributed by atoms with E-state index in [1.165, 1.54) is 40.5 Å². The summed E-state index contributed by atoms with van der Waals surface area (Å²) >= 11 is 1.20. The van der Waals surface area contributed by atoms with Gasteiger partial charge < -0.3 is 5.11 Å². The van der Waals surface area contributed by atoms with Gasteiger partial charge in [-0.05, 0) is 24.6 Å². The smallest absolute Gasteiger partial charge is 0.301 e. The molecule has 30 heavy (non-hydrogen) atoms. The quantitative estimate of drug-likeness (QED) is 0.224. The van der Waals surface area contributed by atoms with Crippen LogP contribution in [-0.4, -0.2) is 26.7 Å². The number of nitro groups is 1. The molecular formula is C21H15N3O5S. The highest BCUT2D eigenvalue weighted by atomic mass is 32.1. The number of hydrogen-bond acceptors (Lipinski definition) is 7. The lowest BCUT2D eigenvalue weighted by molar-refractivity contribution is -0.384. The molecule has 4 rings (SSSR count). The van der Waals surface area contributed by atoms with Crippen LogP contribution in [0.3, 0.4) is 0 Å². The topological polar surface area (TPSA) is 114 Å². The van der Waals surface area contributed by atoms with Crippen LogP contribution in [-0.2, 0) is 9.59 Å². The van der Waals surface area contributed by atoms with Crippen LogP contribution in [0.15, 0.2) is 65.6 Å². The molecule has 0 radical (unpaired) electrons. The number of ketones is 1. The Labute approximate surface area is 174 Å². The molecule has 3 aromatic rings. The summed E-state index contributed by atoms with van der Waals surface area (Å²) in [6, 6.07) is 13.0. The van der Waals surface area contributed by atoms with Gasteiger partial charge in [-0.2, -0.15) is 0 Å². The van der Waals surface area contributed by atoms with Crippen molar-refractivity contribution in [3.63, 3.8) is 0 Å². The number of aromatic nitrogens is 1. The molecule has 1 aromatic heterocycles. The van der Waals surface area contributed by atoms with Crippen molar-refractivity contribution in [3.8, 4) is 0 Å². The molecule has 9 heteroatoms. The second-order valence-electron chi connectivity index (χ2n) is 6.66. The molecule has 1 unspecified atom stereocenters. The van der Waals surface area contributed by atoms with Gasteiger partial charge in [0.15, 0.2) is 5.13 Å². The monoisotopic (exact) mass is 421 g/mol. The summed E-state index contributed by atoms with van der Waals surface area (Å²) in [5, 5.41) is 24.0. The van der Waals surface area contributed by atoms with Gasteiger partial charge >= 0.3 is 5.91 Å². The van der Waals surface area contributed by atoms with Gasteiger partial charge in [0.25, 0.3) is 11.5 Å². The first-order chi connectivity index (χ1) is 14.4. The Bertz CT molecular complexity index is 1180. The average molecular weight is 421 g/mol. The highest BCUT2D eigenvalue weighted by Gasteiger charge is 2.48. The highest BCUT2D eigenvalue weighted by molar-refractivity contribution is 7.14. The Morgan fingerprint density at radius 1 is 1.13 bits per heavy atom. The number of amides is 1. The number of thiazole rings is 1. The molecular weight excluding hydrogens is 406 g/mol. The van der Waals surface area contributed by atoms with Gasteiger partial charge in [0.05, 0.1) is 22.2 Å². The van der Waals surface area contributed by atoms with E-state index in [2.05, 4.69) is 4.98 Å². The van der Waals surface area contributed by atoms with E-state index < -0.39 is 22.7 Å². The van der Waals surface area contributed by atoms with Crippen LogP contribution in [0.2, 0.25) is 0 Å². The fourth-order valence-corrected chi connectivity index (χ4v) is 4.15. The van der Waals surface area contributed by atoms with Gasteiger partial charge in [0.2, 0.25) is 0 Å². The Morgan fingerprint density at radius 3 is 2.37 bits per heavy atom. The summed E-state index contributed by atoms with van der Waals surface area (Å²) in [4.78, 5) is 41.9. The predicted octanol–water partition coefficient (Wildman–Crippen LogP) is 3.99. The number of aliphatic hydroxyl groups is 1. The number of carbonyl (C=O) groups excluding carboxylic acids is 2. The first-order valence-electron chi connectivity index (χ1n) is 8.91. The molecule has 1 fully saturated rings. The standard InChI is InChI=1S/C21H15N3O5S/c1-12-11-30-21(22-12)23-17(13-7-9-15(10-8-13)24(28)29)16(19(26)20(23)27)18(25)14-5-3-2-4-6-14/h2-11,17,25H,1H3/b18-16+. The lowest BCUT2D eigenvalue weighted by atomic mass is 9.95. The van der Waals surface area contributed by atoms with E-state index in [1.54, 1.807) is 42.6 Å². The van der Waals surface area contributed by atoms with Crippen LogP contribution in [0, 0.1) is 17.0 Å². The number of aliphatic hydroxyl groups excluding tert-OH is 1. The van der Waals surface area contributed by atoms with Gasteiger partial charge in [-0.1, -0.05) is 30.3 Å². The highest BCUT2D eigenvalue weighted by Crippen LogP contribution is 2.43. The lowest BCUT2D eigenvalue weighted by Gasteiger charge is -2.22. The van der Waals surface area contributed by atoms with E-state index >= 15 is 0 Å². The van der Waals surface area contributed by atoms with Gasteiger partial charge in [0.1, 0.15) is 5.76 Å². The van der Waals surface area contributed by atoms with Crippen LogP contribution < -0.4 is 4.90 Å². The third kappa shape index (κ3) is 3.25. The summed E-state index contributed by atoms with van der Waals surface area (Å²) in [7, 11) is 0. The van der Waals surface area contributed by atoms with Crippen molar-refractivity contribution < 1.29 is 19.6 Å². The average Bonchev–Trinajstić information content (AvgIpc) is 3.29. The zero-order valence-electron chi connectivity index (χ0n) is 15.7. The van der Waals surface area contributed by atoms with Crippen molar-refractivity contribution in [1.29, 1.82) is 0 Å². The molecule has 1 atom stereocenters. The van der Waals surface area contributed by atoms with Crippen LogP contribution in [0.4, 0.5) is 10.8 Å². The maximum absolute atomic E-state index is 12.9. The lowest BCUT2D eigenvalue weighted by Crippen LogP contribution is -2.29. The number of carbonyl (C=O) groups is 2. The molecule has 1 N–H and O–H groups in total. The SMILES string of the molecule is Cc1csc(N2C(=O)C(=O)/C(=C(/O)c3ccccc3)C2c2ccc([N+](=O)[O-])cc2)n1. The molecule has 150 valence electrons. The summed E-state index contributed by atoms with van der Waals surface area (Å²) in [6.45, 7) is 1.77. The first-order valence-corrected chi connectivity index (χ1v) is 9.79. The number of non-ortho nitro benzene ring substituents is 1. The third-order valence-corrected chi connectivity index (χ3v) is 5.68. The van der Waals surface area contributed by atoms with Crippen molar-refractivity contribution in [1.82, 2.24) is 4.98 Å². The number of nitrogens with zero attached hydrogens (tertiary/aromatic N) is 3. The molecule has 0 aliphatic carbocycles. The number of Topliss-reactive ketones (excluding diaryl/α,β-unsaturated/α-hetero) is 1. The molecule has 1 aliphatic heterocycles. The number of nitro benzene ring substituents is 1. The fraction of sp³-hybridized carbons (Fsp3) is 0.0952. The fourth-order valence-electron chi connectivity index (χ4n) is 3.33. The first kappa shape index (κ1) is 19.5. The van der Waals surface area contributed by atoms with Gasteiger partial charge in [-0.3, -0.25) is 24.6 Å². The van der Waals surface area contributed by atoms with Crippen LogP contribution in [0.1, 0.15) is 22.9 Å². The summed E-state index contributed by atoms with van der Waals surface area (Å²) < 4.78 is 0. The maximum Gasteiger partial charge on any atom is 0.301 e. The molecule has 0 saturated carbocycles. The normalized spacial score (nSPS) is 18.0. The minimum Gasteiger partial charge on any atom is -0.507 e. The van der Waals surface area contributed by atoms with Crippen molar-refractivity contribution in [2.75, 3.05) is 4.90 Å². The van der Waals surface area contributed by atoms with E-state index in [9.17, 15) is 24.8 Å². The van der Waals surface area contributed by atoms with Crippen molar-refractivity contribution in [2.24, 2.45) is 0 Å². The molecule has 0 bridgehead atoms. The molecule has 2 aromatic carbocycles. The van der Waals surface area contributed by atoms with Crippen molar-refractivity contribution >= 4 is 39.6 Å². The van der Waals surface area contributed by atoms with Crippen molar-refractivity contribution in [2.45, 2.75) is 13.0 Å². The predicted molar refractivity (Wildman–Crippen MR) is 111 cm³/mol. The van der Waals surface area contributed by atoms with Crippen LogP contribution >= 0.6 is 11.3 Å². The van der Waals surface area contributed by atoms with Crippen molar-refractivity contribution in [3.05, 3.63) is 92.5 Å². The van der Waals surface area contributed by atoms with Crippen LogP contribution in [0.25, 0.3) is 5.76 Å². The summed E-state index contributed by atoms with van der Waals surface area (Å²) in [5.74, 6) is -1.97. The number of anilines is 1. The summed E-state index contributed by atoms with van der Waals surface area (Å²) in [5.41, 5.74) is 1.31. The molecule has 1 aliphatic rings. The van der Waals surface area contributed by atoms with E-state index in [0.29, 0.717) is 22.0 Å². The second-order valence-corrected chi connectivity index (χ2v) is 7.49. The van der Waals surface area contributed by atoms with E-state index in [0.717, 1.165) is 0 Å². The summed E-state index contributed by atoms with van der Waals surface area (Å²) in [6.07, 6.45) is 0. The Kier molecular flexibility index (Phi) is 4.88. The van der Waals surface area contributed by atoms with E-state index in [-0.39, 0.29) is 17.0 Å². The Balaban J connectivity index is 1.93. The number of rotatable bonds is 4. The molecule has 1 saturated heterocycles. The minimum absolute atomic E-state index is 0.0899. The number of hydrogen-bond donors (Lipinski definition) is 1. The second kappa shape index (κ2) is 7.53. The Morgan fingerprint density at radius 2 is 1.80 bits per heavy atom. The van der Waals surface area contributed by atoms with Gasteiger partial charge in [-0.25, -0.2) is 4.98 Å². The zero-order chi connectivity index (χ0) is 21.4. The van der Waals surface area contributed by atoms with Gasteiger partial charge in [-0.15, -0.1) is 11.3 Å². The third-order valence-electron chi connectivity index (χ3n) is 4.72. The van der Waals surface area contributed by atoms with Gasteiger partial charge in [0, 0.05) is 23.1 Å². The molecule has 1 amide bonds. The van der Waals surface area contributed by atoms with Crippen LogP contribution in [0.5, 0.6) is 0 Å². The molecule has 2 heterocycles. The largest absolute Gasteiger partial charge is 0.507 e. The number of aryl methyl sites for hydroxylation is 1. The van der Waals surface area contributed by atoms with E-state index in [1.807, 2.05) is 0 Å².